The lowest BCUT2D eigenvalue weighted by atomic mass is 9.63. The normalized spacial score (nSPS) is 21.6. The van der Waals surface area contributed by atoms with Gasteiger partial charge in [0.1, 0.15) is 0 Å². The molecular formula is C27H29F3N4O3. The van der Waals surface area contributed by atoms with Crippen molar-refractivity contribution in [3.63, 3.8) is 0 Å². The maximum absolute atomic E-state index is 14.9. The Balaban J connectivity index is 1.49. The molecule has 0 radical (unpaired) electrons. The van der Waals surface area contributed by atoms with Gasteiger partial charge in [-0.05, 0) is 35.1 Å². The lowest BCUT2D eigenvalue weighted by Gasteiger charge is -2.50. The first-order valence-corrected chi connectivity index (χ1v) is 12.3. The Hall–Kier alpha value is -3.40. The Bertz CT molecular complexity index is 1320. The second-order valence-corrected chi connectivity index (χ2v) is 9.98. The number of aromatic nitrogens is 2. The summed E-state index contributed by atoms with van der Waals surface area (Å²) in [5.74, 6) is -1.27. The van der Waals surface area contributed by atoms with Gasteiger partial charge in [-0.2, -0.15) is 18.3 Å². The SMILES string of the molecule is CO[C@](C(=O)N1CCC2(CC1)CC(=O)NC[C@@H]2c1ccnn1C)(c1cccc2ccccc12)C(F)(F)F. The summed E-state index contributed by atoms with van der Waals surface area (Å²) < 4.78 is 51.5. The fourth-order valence-electron chi connectivity index (χ4n) is 6.22. The van der Waals surface area contributed by atoms with Crippen molar-refractivity contribution in [3.05, 3.63) is 66.0 Å². The fourth-order valence-corrected chi connectivity index (χ4v) is 6.22. The summed E-state index contributed by atoms with van der Waals surface area (Å²) >= 11 is 0. The van der Waals surface area contributed by atoms with Gasteiger partial charge in [-0.15, -0.1) is 0 Å². The van der Waals surface area contributed by atoms with Crippen molar-refractivity contribution < 1.29 is 27.5 Å². The van der Waals surface area contributed by atoms with E-state index in [-0.39, 0.29) is 36.9 Å². The first-order chi connectivity index (χ1) is 17.6. The van der Waals surface area contributed by atoms with Gasteiger partial charge >= 0.3 is 6.18 Å². The molecular weight excluding hydrogens is 485 g/mol. The van der Waals surface area contributed by atoms with Crippen LogP contribution in [0, 0.1) is 5.41 Å². The molecule has 0 unspecified atom stereocenters. The van der Waals surface area contributed by atoms with Gasteiger partial charge in [0.2, 0.25) is 5.91 Å². The van der Waals surface area contributed by atoms with Crippen LogP contribution in [0.15, 0.2) is 54.7 Å². The number of halogens is 3. The minimum Gasteiger partial charge on any atom is -0.356 e. The zero-order valence-corrected chi connectivity index (χ0v) is 20.7. The van der Waals surface area contributed by atoms with Crippen molar-refractivity contribution in [3.8, 4) is 0 Å². The number of amides is 2. The molecule has 2 aliphatic heterocycles. The van der Waals surface area contributed by atoms with E-state index < -0.39 is 23.1 Å². The molecule has 0 bridgehead atoms. The molecule has 2 fully saturated rings. The highest BCUT2D eigenvalue weighted by Gasteiger charge is 2.65. The third-order valence-electron chi connectivity index (χ3n) is 8.19. The van der Waals surface area contributed by atoms with Crippen LogP contribution in [0.3, 0.4) is 0 Å². The molecule has 1 aromatic heterocycles. The number of ether oxygens (including phenoxy) is 1. The lowest BCUT2D eigenvalue weighted by Crippen LogP contribution is -2.60. The predicted molar refractivity (Wildman–Crippen MR) is 131 cm³/mol. The quantitative estimate of drug-likeness (QED) is 0.573. The summed E-state index contributed by atoms with van der Waals surface area (Å²) in [6.07, 6.45) is -2.26. The van der Waals surface area contributed by atoms with Crippen molar-refractivity contribution in [2.75, 3.05) is 26.7 Å². The molecule has 2 atom stereocenters. The van der Waals surface area contributed by atoms with E-state index in [4.69, 9.17) is 4.74 Å². The Morgan fingerprint density at radius 1 is 1.11 bits per heavy atom. The molecule has 0 aliphatic carbocycles. The van der Waals surface area contributed by atoms with Gasteiger partial charge in [0.05, 0.1) is 0 Å². The van der Waals surface area contributed by atoms with E-state index in [2.05, 4.69) is 10.4 Å². The van der Waals surface area contributed by atoms with Crippen molar-refractivity contribution in [1.82, 2.24) is 20.0 Å². The van der Waals surface area contributed by atoms with E-state index in [0.29, 0.717) is 30.2 Å². The number of aryl methyl sites for hydroxylation is 1. The van der Waals surface area contributed by atoms with Crippen LogP contribution in [0.2, 0.25) is 0 Å². The number of methoxy groups -OCH3 is 1. The molecule has 37 heavy (non-hydrogen) atoms. The number of benzene rings is 2. The van der Waals surface area contributed by atoms with Gasteiger partial charge in [0, 0.05) is 63.6 Å². The first-order valence-electron chi connectivity index (χ1n) is 12.3. The molecule has 3 heterocycles. The highest BCUT2D eigenvalue weighted by Crippen LogP contribution is 2.51. The molecule has 1 N–H and O–H groups in total. The summed E-state index contributed by atoms with van der Waals surface area (Å²) in [4.78, 5) is 27.5. The standard InChI is InChI=1S/C27H29F3N4O3/c1-33-22(10-13-32-33)21-17-31-23(35)16-25(21)11-14-34(15-12-25)24(36)26(37-2,27(28,29)30)20-9-5-7-18-6-3-4-8-19(18)20/h3-10,13,21H,11-12,14-17H2,1-2H3,(H,31,35)/t21-,26+/m1/s1. The largest absolute Gasteiger partial charge is 0.431 e. The van der Waals surface area contributed by atoms with Crippen LogP contribution in [0.5, 0.6) is 0 Å². The number of fused-ring (bicyclic) bond motifs is 1. The third kappa shape index (κ3) is 3.98. The van der Waals surface area contributed by atoms with Gasteiger partial charge in [-0.1, -0.05) is 42.5 Å². The summed E-state index contributed by atoms with van der Waals surface area (Å²) in [5.41, 5.74) is -2.89. The average molecular weight is 515 g/mol. The van der Waals surface area contributed by atoms with Crippen molar-refractivity contribution in [1.29, 1.82) is 0 Å². The van der Waals surface area contributed by atoms with E-state index in [1.54, 1.807) is 41.2 Å². The Morgan fingerprint density at radius 3 is 2.46 bits per heavy atom. The van der Waals surface area contributed by atoms with Crippen molar-refractivity contribution in [2.24, 2.45) is 12.5 Å². The average Bonchev–Trinajstić information content (AvgIpc) is 3.30. The molecule has 10 heteroatoms. The maximum atomic E-state index is 14.9. The Morgan fingerprint density at radius 2 is 1.81 bits per heavy atom. The number of carbonyl (C=O) groups excluding carboxylic acids is 2. The number of hydrogen-bond acceptors (Lipinski definition) is 4. The minimum atomic E-state index is -5.00. The summed E-state index contributed by atoms with van der Waals surface area (Å²) in [5, 5.41) is 8.07. The van der Waals surface area contributed by atoms with Crippen LogP contribution in [0.4, 0.5) is 13.2 Å². The molecule has 2 saturated heterocycles. The number of alkyl halides is 3. The van der Waals surface area contributed by atoms with Gasteiger partial charge < -0.3 is 15.0 Å². The number of nitrogens with zero attached hydrogens (tertiary/aromatic N) is 3. The number of hydrogen-bond donors (Lipinski definition) is 1. The summed E-state index contributed by atoms with van der Waals surface area (Å²) in [6.45, 7) is 0.603. The molecule has 196 valence electrons. The van der Waals surface area contributed by atoms with Gasteiger partial charge in [-0.25, -0.2) is 0 Å². The monoisotopic (exact) mass is 514 g/mol. The Kier molecular flexibility index (Phi) is 6.26. The van der Waals surface area contributed by atoms with Gasteiger partial charge in [0.25, 0.3) is 11.5 Å². The molecule has 2 aromatic carbocycles. The van der Waals surface area contributed by atoms with Crippen LogP contribution in [-0.2, 0) is 27.0 Å². The van der Waals surface area contributed by atoms with Gasteiger partial charge in [0.15, 0.2) is 0 Å². The van der Waals surface area contributed by atoms with Crippen LogP contribution < -0.4 is 5.32 Å². The molecule has 5 rings (SSSR count). The minimum absolute atomic E-state index is 0.0529. The number of carbonyl (C=O) groups is 2. The highest BCUT2D eigenvalue weighted by molar-refractivity contribution is 5.95. The van der Waals surface area contributed by atoms with Gasteiger partial charge in [-0.3, -0.25) is 14.3 Å². The zero-order valence-electron chi connectivity index (χ0n) is 20.7. The van der Waals surface area contributed by atoms with Crippen LogP contribution in [0.25, 0.3) is 10.8 Å². The number of rotatable bonds is 4. The van der Waals surface area contributed by atoms with Crippen LogP contribution in [-0.4, -0.2) is 59.4 Å². The second kappa shape index (κ2) is 9.16. The van der Waals surface area contributed by atoms with E-state index in [1.165, 1.54) is 17.0 Å². The van der Waals surface area contributed by atoms with Crippen molar-refractivity contribution in [2.45, 2.75) is 37.0 Å². The van der Waals surface area contributed by atoms with Crippen LogP contribution >= 0.6 is 0 Å². The number of nitrogens with one attached hydrogen (secondary N) is 1. The number of likely N-dealkylation sites (tertiary alicyclic amines) is 1. The smallest absolute Gasteiger partial charge is 0.356 e. The zero-order chi connectivity index (χ0) is 26.4. The number of piperidine rings is 2. The molecule has 2 aliphatic rings. The Labute approximate surface area is 212 Å². The molecule has 0 saturated carbocycles. The van der Waals surface area contributed by atoms with E-state index in [0.717, 1.165) is 12.8 Å². The molecule has 7 nitrogen and oxygen atoms in total. The summed E-state index contributed by atoms with van der Waals surface area (Å²) in [7, 11) is 2.76. The third-order valence-corrected chi connectivity index (χ3v) is 8.19. The molecule has 2 amide bonds. The highest BCUT2D eigenvalue weighted by atomic mass is 19.4. The first kappa shape index (κ1) is 25.3. The topological polar surface area (TPSA) is 76.5 Å². The fraction of sp³-hybridized carbons (Fsp3) is 0.444. The predicted octanol–water partition coefficient (Wildman–Crippen LogP) is 3.89. The van der Waals surface area contributed by atoms with E-state index in [9.17, 15) is 22.8 Å². The summed E-state index contributed by atoms with van der Waals surface area (Å²) in [6, 6.07) is 13.1. The second-order valence-electron chi connectivity index (χ2n) is 9.98. The van der Waals surface area contributed by atoms with E-state index in [1.807, 2.05) is 13.1 Å². The lowest BCUT2D eigenvalue weighted by molar-refractivity contribution is -0.270. The molecule has 3 aromatic rings. The molecule has 1 spiro atoms. The van der Waals surface area contributed by atoms with E-state index >= 15 is 0 Å². The van der Waals surface area contributed by atoms with Crippen LogP contribution in [0.1, 0.15) is 36.4 Å². The van der Waals surface area contributed by atoms with Crippen molar-refractivity contribution >= 4 is 22.6 Å². The maximum Gasteiger partial charge on any atom is 0.431 e.